The minimum absolute atomic E-state index is 0.278. The van der Waals surface area contributed by atoms with Gasteiger partial charge in [0.1, 0.15) is 5.82 Å². The van der Waals surface area contributed by atoms with Crippen molar-refractivity contribution < 1.29 is 4.74 Å². The molecule has 7 heteroatoms. The molecule has 0 amide bonds. The molecule has 136 valence electrons. The Kier molecular flexibility index (Phi) is 6.34. The Morgan fingerprint density at radius 2 is 1.62 bits per heavy atom. The minimum atomic E-state index is 0.278. The molecule has 0 radical (unpaired) electrons. The van der Waals surface area contributed by atoms with Crippen molar-refractivity contribution in [2.24, 2.45) is 0 Å². The molecule has 7 nitrogen and oxygen atoms in total. The number of nitrogens with zero attached hydrogens (tertiary/aromatic N) is 6. The first-order valence-corrected chi connectivity index (χ1v) is 8.78. The van der Waals surface area contributed by atoms with Crippen LogP contribution in [0.4, 0.5) is 11.9 Å². The van der Waals surface area contributed by atoms with Crippen molar-refractivity contribution in [1.29, 1.82) is 0 Å². The fraction of sp³-hybridized carbons (Fsp3) is 0.824. The first-order valence-electron chi connectivity index (χ1n) is 8.78. The zero-order valence-corrected chi connectivity index (χ0v) is 16.2. The number of morpholine rings is 1. The Morgan fingerprint density at radius 3 is 2.17 bits per heavy atom. The van der Waals surface area contributed by atoms with Crippen LogP contribution in [0.25, 0.3) is 0 Å². The molecule has 1 saturated heterocycles. The van der Waals surface area contributed by atoms with Gasteiger partial charge in [0.25, 0.3) is 0 Å². The molecule has 1 aromatic heterocycles. The highest BCUT2D eigenvalue weighted by atomic mass is 16.5. The first kappa shape index (κ1) is 18.9. The third kappa shape index (κ3) is 5.01. The number of aromatic nitrogens is 3. The summed E-state index contributed by atoms with van der Waals surface area (Å²) in [6, 6.07) is 0. The van der Waals surface area contributed by atoms with E-state index in [0.29, 0.717) is 18.2 Å². The van der Waals surface area contributed by atoms with Crippen molar-refractivity contribution in [2.75, 3.05) is 57.1 Å². The summed E-state index contributed by atoms with van der Waals surface area (Å²) in [6.07, 6.45) is 0.591. The Labute approximate surface area is 146 Å². The highest BCUT2D eigenvalue weighted by Crippen LogP contribution is 2.17. The number of hydrogen-bond acceptors (Lipinski definition) is 7. The lowest BCUT2D eigenvalue weighted by atomic mass is 10.2. The van der Waals surface area contributed by atoms with Crippen LogP contribution in [0, 0.1) is 0 Å². The third-order valence-corrected chi connectivity index (χ3v) is 4.13. The van der Waals surface area contributed by atoms with Crippen LogP contribution < -0.4 is 9.80 Å². The Balaban J connectivity index is 2.04. The second-order valence-electron chi connectivity index (χ2n) is 7.28. The predicted octanol–water partition coefficient (Wildman–Crippen LogP) is 1.61. The van der Waals surface area contributed by atoms with Gasteiger partial charge in [0.2, 0.25) is 11.9 Å². The molecule has 1 aromatic rings. The molecule has 1 fully saturated rings. The molecule has 0 spiro atoms. The molecule has 0 saturated carbocycles. The Hall–Kier alpha value is -1.47. The van der Waals surface area contributed by atoms with Gasteiger partial charge >= 0.3 is 0 Å². The normalized spacial score (nSPS) is 22.0. The second-order valence-corrected chi connectivity index (χ2v) is 7.28. The Morgan fingerprint density at radius 1 is 1.04 bits per heavy atom. The Bertz CT molecular complexity index is 500. The van der Waals surface area contributed by atoms with Crippen LogP contribution in [0.1, 0.15) is 39.4 Å². The first-order chi connectivity index (χ1) is 11.3. The van der Waals surface area contributed by atoms with Crippen molar-refractivity contribution in [3.8, 4) is 0 Å². The molecule has 24 heavy (non-hydrogen) atoms. The number of rotatable bonds is 6. The van der Waals surface area contributed by atoms with Gasteiger partial charge in [-0.1, -0.05) is 13.8 Å². The smallest absolute Gasteiger partial charge is 0.230 e. The maximum Gasteiger partial charge on any atom is 0.230 e. The van der Waals surface area contributed by atoms with Crippen molar-refractivity contribution in [3.05, 3.63) is 5.82 Å². The van der Waals surface area contributed by atoms with Crippen LogP contribution in [-0.4, -0.2) is 79.4 Å². The molecule has 0 N–H and O–H groups in total. The van der Waals surface area contributed by atoms with E-state index < -0.39 is 0 Å². The highest BCUT2D eigenvalue weighted by molar-refractivity contribution is 5.37. The van der Waals surface area contributed by atoms with E-state index in [4.69, 9.17) is 4.74 Å². The van der Waals surface area contributed by atoms with Gasteiger partial charge in [-0.05, 0) is 13.8 Å². The second kappa shape index (κ2) is 8.07. The van der Waals surface area contributed by atoms with Crippen molar-refractivity contribution >= 4 is 11.9 Å². The van der Waals surface area contributed by atoms with Crippen LogP contribution in [0.5, 0.6) is 0 Å². The molecule has 0 aliphatic carbocycles. The molecule has 2 heterocycles. The largest absolute Gasteiger partial charge is 0.373 e. The van der Waals surface area contributed by atoms with E-state index >= 15 is 0 Å². The lowest BCUT2D eigenvalue weighted by Gasteiger charge is -2.36. The van der Waals surface area contributed by atoms with E-state index in [1.807, 2.05) is 26.0 Å². The number of ether oxygens (including phenoxy) is 1. The molecular formula is C17H32N6O. The molecule has 0 unspecified atom stereocenters. The van der Waals surface area contributed by atoms with Gasteiger partial charge in [0, 0.05) is 53.2 Å². The number of likely N-dealkylation sites (N-methyl/N-ethyl adjacent to an activating group) is 1. The summed E-state index contributed by atoms with van der Waals surface area (Å²) in [6.45, 7) is 12.3. The maximum absolute atomic E-state index is 5.80. The quantitative estimate of drug-likeness (QED) is 0.782. The molecular weight excluding hydrogens is 304 g/mol. The van der Waals surface area contributed by atoms with Gasteiger partial charge in [-0.15, -0.1) is 0 Å². The lowest BCUT2D eigenvalue weighted by Crippen LogP contribution is -2.47. The molecule has 2 rings (SSSR count). The van der Waals surface area contributed by atoms with E-state index in [-0.39, 0.29) is 5.92 Å². The summed E-state index contributed by atoms with van der Waals surface area (Å²) in [5.74, 6) is 2.57. The summed E-state index contributed by atoms with van der Waals surface area (Å²) in [5, 5.41) is 0. The zero-order valence-electron chi connectivity index (χ0n) is 16.2. The van der Waals surface area contributed by atoms with E-state index in [1.54, 1.807) is 0 Å². The maximum atomic E-state index is 5.80. The van der Waals surface area contributed by atoms with Gasteiger partial charge in [0.05, 0.1) is 12.2 Å². The van der Waals surface area contributed by atoms with Crippen LogP contribution in [-0.2, 0) is 4.74 Å². The van der Waals surface area contributed by atoms with E-state index in [1.165, 1.54) is 0 Å². The standard InChI is InChI=1S/C17H32N6O/c1-12(2)15-18-16(21(5)6)20-17(19-15)22(7)8-9-23-10-13(3)24-14(4)11-23/h12-14H,8-11H2,1-7H3/t13-,14+. The van der Waals surface area contributed by atoms with E-state index in [2.05, 4.69) is 52.4 Å². The van der Waals surface area contributed by atoms with Gasteiger partial charge in [-0.3, -0.25) is 4.90 Å². The number of hydrogen-bond donors (Lipinski definition) is 0. The molecule has 1 aliphatic rings. The lowest BCUT2D eigenvalue weighted by molar-refractivity contribution is -0.0670. The summed E-state index contributed by atoms with van der Waals surface area (Å²) in [5.41, 5.74) is 0. The highest BCUT2D eigenvalue weighted by Gasteiger charge is 2.22. The van der Waals surface area contributed by atoms with Crippen LogP contribution >= 0.6 is 0 Å². The van der Waals surface area contributed by atoms with Gasteiger partial charge in [-0.2, -0.15) is 15.0 Å². The molecule has 0 bridgehead atoms. The molecule has 0 aromatic carbocycles. The third-order valence-electron chi connectivity index (χ3n) is 4.13. The van der Waals surface area contributed by atoms with Gasteiger partial charge < -0.3 is 14.5 Å². The van der Waals surface area contributed by atoms with E-state index in [9.17, 15) is 0 Å². The monoisotopic (exact) mass is 336 g/mol. The van der Waals surface area contributed by atoms with Crippen LogP contribution in [0.2, 0.25) is 0 Å². The van der Waals surface area contributed by atoms with Gasteiger partial charge in [0.15, 0.2) is 0 Å². The van der Waals surface area contributed by atoms with Crippen LogP contribution in [0.15, 0.2) is 0 Å². The summed E-state index contributed by atoms with van der Waals surface area (Å²) >= 11 is 0. The summed E-state index contributed by atoms with van der Waals surface area (Å²) in [7, 11) is 5.96. The zero-order chi connectivity index (χ0) is 17.9. The SMILES string of the molecule is CC(C)c1nc(N(C)C)nc(N(C)CCN2C[C@@H](C)O[C@@H](C)C2)n1. The molecule has 1 aliphatic heterocycles. The fourth-order valence-electron chi connectivity index (χ4n) is 2.86. The average Bonchev–Trinajstić information content (AvgIpc) is 2.51. The predicted molar refractivity (Wildman–Crippen MR) is 98.0 cm³/mol. The average molecular weight is 336 g/mol. The number of anilines is 2. The summed E-state index contributed by atoms with van der Waals surface area (Å²) in [4.78, 5) is 20.3. The molecule has 2 atom stereocenters. The van der Waals surface area contributed by atoms with Crippen LogP contribution in [0.3, 0.4) is 0 Å². The minimum Gasteiger partial charge on any atom is -0.373 e. The van der Waals surface area contributed by atoms with Gasteiger partial charge in [-0.25, -0.2) is 0 Å². The van der Waals surface area contributed by atoms with Crippen molar-refractivity contribution in [3.63, 3.8) is 0 Å². The van der Waals surface area contributed by atoms with Crippen molar-refractivity contribution in [2.45, 2.75) is 45.8 Å². The van der Waals surface area contributed by atoms with E-state index in [0.717, 1.165) is 38.0 Å². The summed E-state index contributed by atoms with van der Waals surface area (Å²) < 4.78 is 5.80. The fourth-order valence-corrected chi connectivity index (χ4v) is 2.86. The topological polar surface area (TPSA) is 57.6 Å². The van der Waals surface area contributed by atoms with Crippen molar-refractivity contribution in [1.82, 2.24) is 19.9 Å².